The maximum Gasteiger partial charge on any atom is 0.338 e. The van der Waals surface area contributed by atoms with Crippen LogP contribution in [0.4, 0.5) is 11.4 Å². The lowest BCUT2D eigenvalue weighted by Crippen LogP contribution is -2.29. The third-order valence-electron chi connectivity index (χ3n) is 3.49. The number of hydrogen-bond donors (Lipinski definition) is 1. The molecule has 4 nitrogen and oxygen atoms in total. The van der Waals surface area contributed by atoms with Crippen molar-refractivity contribution in [1.82, 2.24) is 0 Å². The summed E-state index contributed by atoms with van der Waals surface area (Å²) in [6.07, 6.45) is 1.12. The molecule has 0 spiro atoms. The summed E-state index contributed by atoms with van der Waals surface area (Å²) in [4.78, 5) is 14.0. The second-order valence-corrected chi connectivity index (χ2v) is 5.05. The normalized spacial score (nSPS) is 12.0. The third-order valence-corrected chi connectivity index (χ3v) is 3.49. The molecule has 1 aromatic carbocycles. The van der Waals surface area contributed by atoms with E-state index in [1.165, 1.54) is 0 Å². The van der Waals surface area contributed by atoms with Crippen molar-refractivity contribution >= 4 is 17.3 Å². The quantitative estimate of drug-likeness (QED) is 0.614. The second-order valence-electron chi connectivity index (χ2n) is 5.05. The van der Waals surface area contributed by atoms with Gasteiger partial charge in [-0.2, -0.15) is 0 Å². The van der Waals surface area contributed by atoms with E-state index in [2.05, 4.69) is 25.7 Å². The first-order chi connectivity index (χ1) is 9.53. The third kappa shape index (κ3) is 4.15. The summed E-state index contributed by atoms with van der Waals surface area (Å²) < 4.78 is 5.04. The molecule has 0 aliphatic carbocycles. The van der Waals surface area contributed by atoms with Crippen LogP contribution in [0.1, 0.15) is 44.5 Å². The number of hydrogen-bond acceptors (Lipinski definition) is 4. The SMILES string of the molecule is CCOC(=O)c1ccc(N)c(N(CC)CC(C)CC)c1. The Bertz CT molecular complexity index is 446. The van der Waals surface area contributed by atoms with Gasteiger partial charge in [-0.15, -0.1) is 0 Å². The molecule has 0 fully saturated rings. The first kappa shape index (κ1) is 16.3. The minimum Gasteiger partial charge on any atom is -0.462 e. The highest BCUT2D eigenvalue weighted by molar-refractivity contribution is 5.92. The van der Waals surface area contributed by atoms with Gasteiger partial charge in [0.2, 0.25) is 0 Å². The number of rotatable bonds is 7. The molecule has 0 aromatic heterocycles. The van der Waals surface area contributed by atoms with Gasteiger partial charge in [-0.3, -0.25) is 0 Å². The van der Waals surface area contributed by atoms with Gasteiger partial charge in [-0.25, -0.2) is 4.79 Å². The molecule has 0 bridgehead atoms. The number of nitrogens with zero attached hydrogens (tertiary/aromatic N) is 1. The Morgan fingerprint density at radius 2 is 2.05 bits per heavy atom. The molecular formula is C16H26N2O2. The van der Waals surface area contributed by atoms with Crippen LogP contribution in [0.2, 0.25) is 0 Å². The van der Waals surface area contributed by atoms with Gasteiger partial charge in [-0.05, 0) is 38.0 Å². The largest absolute Gasteiger partial charge is 0.462 e. The predicted octanol–water partition coefficient (Wildman–Crippen LogP) is 3.32. The Balaban J connectivity index is 3.02. The van der Waals surface area contributed by atoms with Crippen LogP contribution >= 0.6 is 0 Å². The van der Waals surface area contributed by atoms with Crippen LogP contribution in [0.5, 0.6) is 0 Å². The van der Waals surface area contributed by atoms with E-state index < -0.39 is 0 Å². The lowest BCUT2D eigenvalue weighted by atomic mass is 10.1. The Hall–Kier alpha value is -1.71. The van der Waals surface area contributed by atoms with Crippen LogP contribution < -0.4 is 10.6 Å². The van der Waals surface area contributed by atoms with Gasteiger partial charge in [0.15, 0.2) is 0 Å². The number of ether oxygens (including phenoxy) is 1. The van der Waals surface area contributed by atoms with Crippen LogP contribution in [0, 0.1) is 5.92 Å². The summed E-state index contributed by atoms with van der Waals surface area (Å²) in [6.45, 7) is 10.5. The summed E-state index contributed by atoms with van der Waals surface area (Å²) >= 11 is 0. The second kappa shape index (κ2) is 7.78. The zero-order valence-electron chi connectivity index (χ0n) is 13.0. The molecule has 20 heavy (non-hydrogen) atoms. The minimum absolute atomic E-state index is 0.298. The molecule has 2 N–H and O–H groups in total. The average molecular weight is 278 g/mol. The Morgan fingerprint density at radius 1 is 1.35 bits per heavy atom. The summed E-state index contributed by atoms with van der Waals surface area (Å²) in [5, 5.41) is 0. The van der Waals surface area contributed by atoms with Gasteiger partial charge >= 0.3 is 5.97 Å². The van der Waals surface area contributed by atoms with Crippen LogP contribution in [0.15, 0.2) is 18.2 Å². The van der Waals surface area contributed by atoms with Crippen molar-refractivity contribution in [1.29, 1.82) is 0 Å². The van der Waals surface area contributed by atoms with E-state index in [1.807, 2.05) is 6.07 Å². The highest BCUT2D eigenvalue weighted by Crippen LogP contribution is 2.26. The topological polar surface area (TPSA) is 55.6 Å². The smallest absolute Gasteiger partial charge is 0.338 e. The van der Waals surface area contributed by atoms with Crippen LogP contribution in [0.3, 0.4) is 0 Å². The lowest BCUT2D eigenvalue weighted by molar-refractivity contribution is 0.0526. The van der Waals surface area contributed by atoms with Gasteiger partial charge in [0.25, 0.3) is 0 Å². The number of anilines is 2. The Labute approximate surface area is 121 Å². The predicted molar refractivity (Wildman–Crippen MR) is 84.2 cm³/mol. The van der Waals surface area contributed by atoms with Crippen molar-refractivity contribution in [2.75, 3.05) is 30.3 Å². The number of esters is 1. The number of benzene rings is 1. The molecule has 4 heteroatoms. The monoisotopic (exact) mass is 278 g/mol. The number of nitrogens with two attached hydrogens (primary N) is 1. The van der Waals surface area contributed by atoms with E-state index in [0.717, 1.165) is 25.2 Å². The fourth-order valence-corrected chi connectivity index (χ4v) is 2.06. The highest BCUT2D eigenvalue weighted by atomic mass is 16.5. The molecule has 1 rings (SSSR count). The molecule has 1 unspecified atom stereocenters. The fourth-order valence-electron chi connectivity index (χ4n) is 2.06. The summed E-state index contributed by atoms with van der Waals surface area (Å²) in [7, 11) is 0. The number of nitrogen functional groups attached to an aromatic ring is 1. The standard InChI is InChI=1S/C16H26N2O2/c1-5-12(4)11-18(6-2)15-10-13(8-9-14(15)17)16(19)20-7-3/h8-10,12H,5-7,11,17H2,1-4H3. The van der Waals surface area contributed by atoms with Gasteiger partial charge in [0.1, 0.15) is 0 Å². The van der Waals surface area contributed by atoms with Crippen LogP contribution in [-0.2, 0) is 4.74 Å². The van der Waals surface area contributed by atoms with E-state index in [-0.39, 0.29) is 5.97 Å². The molecule has 0 amide bonds. The summed E-state index contributed by atoms with van der Waals surface area (Å²) in [5.41, 5.74) is 8.23. The fraction of sp³-hybridized carbons (Fsp3) is 0.562. The molecule has 112 valence electrons. The van der Waals surface area contributed by atoms with E-state index in [0.29, 0.717) is 23.8 Å². The lowest BCUT2D eigenvalue weighted by Gasteiger charge is -2.27. The Kier molecular flexibility index (Phi) is 6.36. The zero-order chi connectivity index (χ0) is 15.1. The first-order valence-corrected chi connectivity index (χ1v) is 7.34. The van der Waals surface area contributed by atoms with Gasteiger partial charge in [-0.1, -0.05) is 20.3 Å². The minimum atomic E-state index is -0.298. The Morgan fingerprint density at radius 3 is 2.60 bits per heavy atom. The molecule has 1 atom stereocenters. The van der Waals surface area contributed by atoms with Crippen molar-refractivity contribution in [2.24, 2.45) is 5.92 Å². The first-order valence-electron chi connectivity index (χ1n) is 7.34. The molecule has 0 aliphatic rings. The number of carbonyl (C=O) groups is 1. The summed E-state index contributed by atoms with van der Waals surface area (Å²) in [5.74, 6) is 0.286. The van der Waals surface area contributed by atoms with Crippen molar-refractivity contribution in [3.05, 3.63) is 23.8 Å². The van der Waals surface area contributed by atoms with E-state index >= 15 is 0 Å². The molecule has 0 heterocycles. The molecule has 0 saturated heterocycles. The van der Waals surface area contributed by atoms with E-state index in [1.54, 1.807) is 19.1 Å². The van der Waals surface area contributed by atoms with E-state index in [9.17, 15) is 4.79 Å². The van der Waals surface area contributed by atoms with Gasteiger partial charge in [0.05, 0.1) is 23.5 Å². The summed E-state index contributed by atoms with van der Waals surface area (Å²) in [6, 6.07) is 5.33. The zero-order valence-corrected chi connectivity index (χ0v) is 13.0. The number of carbonyl (C=O) groups excluding carboxylic acids is 1. The average Bonchev–Trinajstić information content (AvgIpc) is 2.45. The molecule has 0 aliphatic heterocycles. The molecule has 0 saturated carbocycles. The van der Waals surface area contributed by atoms with Crippen molar-refractivity contribution < 1.29 is 9.53 Å². The van der Waals surface area contributed by atoms with Crippen LogP contribution in [-0.4, -0.2) is 25.7 Å². The highest BCUT2D eigenvalue weighted by Gasteiger charge is 2.14. The van der Waals surface area contributed by atoms with Gasteiger partial charge in [0, 0.05) is 13.1 Å². The van der Waals surface area contributed by atoms with Gasteiger partial charge < -0.3 is 15.4 Å². The van der Waals surface area contributed by atoms with Crippen LogP contribution in [0.25, 0.3) is 0 Å². The van der Waals surface area contributed by atoms with Crippen molar-refractivity contribution in [2.45, 2.75) is 34.1 Å². The molecule has 1 aromatic rings. The molecular weight excluding hydrogens is 252 g/mol. The maximum absolute atomic E-state index is 11.8. The maximum atomic E-state index is 11.8. The van der Waals surface area contributed by atoms with E-state index in [4.69, 9.17) is 10.5 Å². The van der Waals surface area contributed by atoms with Crippen molar-refractivity contribution in [3.63, 3.8) is 0 Å². The molecule has 0 radical (unpaired) electrons. The van der Waals surface area contributed by atoms with Crippen molar-refractivity contribution in [3.8, 4) is 0 Å².